The van der Waals surface area contributed by atoms with E-state index in [0.29, 0.717) is 11.3 Å². The van der Waals surface area contributed by atoms with Crippen molar-refractivity contribution in [1.82, 2.24) is 4.98 Å². The van der Waals surface area contributed by atoms with E-state index in [1.165, 1.54) is 36.9 Å². The Bertz CT molecular complexity index is 378. The molecule has 0 radical (unpaired) electrons. The van der Waals surface area contributed by atoms with E-state index in [4.69, 9.17) is 11.6 Å². The van der Waals surface area contributed by atoms with E-state index in [1.54, 1.807) is 0 Å². The van der Waals surface area contributed by atoms with Crippen molar-refractivity contribution in [2.45, 2.75) is 45.4 Å². The molecule has 0 N–H and O–H groups in total. The van der Waals surface area contributed by atoms with Crippen LogP contribution in [-0.4, -0.2) is 18.1 Å². The van der Waals surface area contributed by atoms with Gasteiger partial charge in [-0.1, -0.05) is 26.7 Å². The second kappa shape index (κ2) is 5.92. The third kappa shape index (κ3) is 2.64. The van der Waals surface area contributed by atoms with Crippen LogP contribution in [0, 0.1) is 5.41 Å². The van der Waals surface area contributed by atoms with Crippen LogP contribution >= 0.6 is 11.6 Å². The molecule has 18 heavy (non-hydrogen) atoms. The SMILES string of the molecule is CCC1(CC)CCN(c2cnccc2CCl)CC1. The maximum absolute atomic E-state index is 6.01. The fourth-order valence-corrected chi connectivity index (χ4v) is 3.22. The summed E-state index contributed by atoms with van der Waals surface area (Å²) in [5.74, 6) is 0.570. The second-order valence-electron chi connectivity index (χ2n) is 5.33. The van der Waals surface area contributed by atoms with E-state index in [-0.39, 0.29) is 0 Å². The second-order valence-corrected chi connectivity index (χ2v) is 5.60. The third-order valence-electron chi connectivity index (χ3n) is 4.70. The summed E-state index contributed by atoms with van der Waals surface area (Å²) in [4.78, 5) is 6.70. The normalized spacial score (nSPS) is 18.9. The maximum Gasteiger partial charge on any atom is 0.0597 e. The first-order valence-electron chi connectivity index (χ1n) is 6.98. The number of alkyl halides is 1. The molecule has 0 aromatic carbocycles. The predicted octanol–water partition coefficient (Wildman–Crippen LogP) is 4.23. The van der Waals surface area contributed by atoms with Crippen molar-refractivity contribution in [3.63, 3.8) is 0 Å². The molecule has 0 spiro atoms. The van der Waals surface area contributed by atoms with Gasteiger partial charge < -0.3 is 4.90 Å². The monoisotopic (exact) mass is 266 g/mol. The van der Waals surface area contributed by atoms with Crippen LogP contribution in [0.3, 0.4) is 0 Å². The van der Waals surface area contributed by atoms with Gasteiger partial charge in [-0.3, -0.25) is 4.98 Å². The van der Waals surface area contributed by atoms with Crippen LogP contribution in [0.15, 0.2) is 18.5 Å². The Balaban J connectivity index is 2.10. The molecular weight excluding hydrogens is 244 g/mol. The predicted molar refractivity (Wildman–Crippen MR) is 78.3 cm³/mol. The van der Waals surface area contributed by atoms with E-state index in [2.05, 4.69) is 23.7 Å². The molecule has 2 rings (SSSR count). The Morgan fingerprint density at radius 3 is 2.50 bits per heavy atom. The van der Waals surface area contributed by atoms with Crippen molar-refractivity contribution in [2.75, 3.05) is 18.0 Å². The van der Waals surface area contributed by atoms with Gasteiger partial charge in [0.1, 0.15) is 0 Å². The lowest BCUT2D eigenvalue weighted by Crippen LogP contribution is -2.40. The number of nitrogens with zero attached hydrogens (tertiary/aromatic N) is 2. The number of rotatable bonds is 4. The molecule has 1 aliphatic heterocycles. The minimum absolute atomic E-state index is 0.569. The van der Waals surface area contributed by atoms with Crippen LogP contribution in [0.5, 0.6) is 0 Å². The van der Waals surface area contributed by atoms with Gasteiger partial charge in [0, 0.05) is 25.2 Å². The Hall–Kier alpha value is -0.760. The number of pyridine rings is 1. The Morgan fingerprint density at radius 1 is 1.28 bits per heavy atom. The molecule has 0 amide bonds. The molecule has 0 saturated carbocycles. The fraction of sp³-hybridized carbons (Fsp3) is 0.667. The molecular formula is C15H23ClN2. The van der Waals surface area contributed by atoms with Crippen molar-refractivity contribution in [3.8, 4) is 0 Å². The Morgan fingerprint density at radius 2 is 1.94 bits per heavy atom. The van der Waals surface area contributed by atoms with Gasteiger partial charge in [0.25, 0.3) is 0 Å². The Kier molecular flexibility index (Phi) is 4.50. The lowest BCUT2D eigenvalue weighted by Gasteiger charge is -2.42. The zero-order chi connectivity index (χ0) is 13.0. The molecule has 3 heteroatoms. The first-order chi connectivity index (χ1) is 8.74. The first-order valence-corrected chi connectivity index (χ1v) is 7.52. The number of piperidine rings is 1. The van der Waals surface area contributed by atoms with Crippen LogP contribution in [0.1, 0.15) is 45.1 Å². The highest BCUT2D eigenvalue weighted by molar-refractivity contribution is 6.17. The number of anilines is 1. The van der Waals surface area contributed by atoms with Crippen molar-refractivity contribution < 1.29 is 0 Å². The van der Waals surface area contributed by atoms with Crippen molar-refractivity contribution >= 4 is 17.3 Å². The van der Waals surface area contributed by atoms with Gasteiger partial charge in [0.2, 0.25) is 0 Å². The number of aromatic nitrogens is 1. The van der Waals surface area contributed by atoms with Crippen LogP contribution in [0.4, 0.5) is 5.69 Å². The highest BCUT2D eigenvalue weighted by atomic mass is 35.5. The van der Waals surface area contributed by atoms with E-state index >= 15 is 0 Å². The molecule has 2 heterocycles. The fourth-order valence-electron chi connectivity index (χ4n) is 2.99. The molecule has 1 aromatic heterocycles. The molecule has 1 aromatic rings. The van der Waals surface area contributed by atoms with Crippen molar-refractivity contribution in [2.24, 2.45) is 5.41 Å². The van der Waals surface area contributed by atoms with Crippen LogP contribution in [0.25, 0.3) is 0 Å². The number of hydrogen-bond acceptors (Lipinski definition) is 2. The first kappa shape index (κ1) is 13.7. The molecule has 0 aliphatic carbocycles. The van der Waals surface area contributed by atoms with E-state index in [0.717, 1.165) is 13.1 Å². The highest BCUT2D eigenvalue weighted by Crippen LogP contribution is 2.39. The van der Waals surface area contributed by atoms with Gasteiger partial charge in [0.15, 0.2) is 0 Å². The van der Waals surface area contributed by atoms with Crippen LogP contribution in [0.2, 0.25) is 0 Å². The van der Waals surface area contributed by atoms with Crippen molar-refractivity contribution in [3.05, 3.63) is 24.0 Å². The zero-order valence-corrected chi connectivity index (χ0v) is 12.2. The summed E-state index contributed by atoms with van der Waals surface area (Å²) >= 11 is 6.01. The average Bonchev–Trinajstić information content (AvgIpc) is 2.47. The highest BCUT2D eigenvalue weighted by Gasteiger charge is 2.31. The molecule has 0 unspecified atom stereocenters. The number of hydrogen-bond donors (Lipinski definition) is 0. The lowest BCUT2D eigenvalue weighted by molar-refractivity contribution is 0.199. The van der Waals surface area contributed by atoms with Gasteiger partial charge in [-0.15, -0.1) is 11.6 Å². The van der Waals surface area contributed by atoms with Gasteiger partial charge in [-0.2, -0.15) is 0 Å². The van der Waals surface area contributed by atoms with Gasteiger partial charge >= 0.3 is 0 Å². The largest absolute Gasteiger partial charge is 0.370 e. The quantitative estimate of drug-likeness (QED) is 0.759. The van der Waals surface area contributed by atoms with Gasteiger partial charge in [-0.25, -0.2) is 0 Å². The molecule has 2 nitrogen and oxygen atoms in total. The minimum Gasteiger partial charge on any atom is -0.370 e. The summed E-state index contributed by atoms with van der Waals surface area (Å²) in [6, 6.07) is 2.03. The summed E-state index contributed by atoms with van der Waals surface area (Å²) in [7, 11) is 0. The standard InChI is InChI=1S/C15H23ClN2/c1-3-15(4-2)6-9-18(10-7-15)14-12-17-8-5-13(14)11-16/h5,8,12H,3-4,6-7,9-11H2,1-2H3. The summed E-state index contributed by atoms with van der Waals surface area (Å²) in [5.41, 5.74) is 3.00. The zero-order valence-electron chi connectivity index (χ0n) is 11.5. The topological polar surface area (TPSA) is 16.1 Å². The van der Waals surface area contributed by atoms with E-state index in [1.807, 2.05) is 18.5 Å². The smallest absolute Gasteiger partial charge is 0.0597 e. The molecule has 0 bridgehead atoms. The lowest BCUT2D eigenvalue weighted by atomic mass is 9.74. The van der Waals surface area contributed by atoms with E-state index in [9.17, 15) is 0 Å². The van der Waals surface area contributed by atoms with Crippen LogP contribution < -0.4 is 4.90 Å². The van der Waals surface area contributed by atoms with Crippen molar-refractivity contribution in [1.29, 1.82) is 0 Å². The molecule has 1 aliphatic rings. The summed E-state index contributed by atoms with van der Waals surface area (Å²) < 4.78 is 0. The summed E-state index contributed by atoms with van der Waals surface area (Å²) in [6.45, 7) is 6.93. The third-order valence-corrected chi connectivity index (χ3v) is 4.98. The average molecular weight is 267 g/mol. The van der Waals surface area contributed by atoms with Gasteiger partial charge in [-0.05, 0) is 29.9 Å². The summed E-state index contributed by atoms with van der Waals surface area (Å²) in [5, 5.41) is 0. The molecule has 100 valence electrons. The molecule has 1 fully saturated rings. The summed E-state index contributed by atoms with van der Waals surface area (Å²) in [6.07, 6.45) is 8.96. The van der Waals surface area contributed by atoms with Gasteiger partial charge in [0.05, 0.1) is 11.9 Å². The number of halogens is 1. The van der Waals surface area contributed by atoms with E-state index < -0.39 is 0 Å². The van der Waals surface area contributed by atoms with Crippen LogP contribution in [-0.2, 0) is 5.88 Å². The molecule has 0 atom stereocenters. The Labute approximate surface area is 115 Å². The molecule has 1 saturated heterocycles. The maximum atomic E-state index is 6.01. The minimum atomic E-state index is 0.569.